The quantitative estimate of drug-likeness (QED) is 0.528. The molecule has 3 aromatic rings. The summed E-state index contributed by atoms with van der Waals surface area (Å²) >= 11 is 0. The van der Waals surface area contributed by atoms with Crippen LogP contribution in [0.2, 0.25) is 0 Å². The highest BCUT2D eigenvalue weighted by Gasteiger charge is 2.37. The normalized spacial score (nSPS) is 13.5. The molecule has 2 unspecified atom stereocenters. The van der Waals surface area contributed by atoms with Crippen LogP contribution in [0.5, 0.6) is 0 Å². The Morgan fingerprint density at radius 2 is 1.80 bits per heavy atom. The number of pyridine rings is 2. The first kappa shape index (κ1) is 21.3. The molecule has 0 aliphatic heterocycles. The summed E-state index contributed by atoms with van der Waals surface area (Å²) in [4.78, 5) is 20.4. The average molecular weight is 416 g/mol. The van der Waals surface area contributed by atoms with Crippen molar-refractivity contribution in [3.63, 3.8) is 0 Å². The number of nitrogens with one attached hydrogen (secondary N) is 1. The van der Waals surface area contributed by atoms with Crippen LogP contribution >= 0.6 is 0 Å². The number of aromatic nitrogens is 2. The fourth-order valence-electron chi connectivity index (χ4n) is 2.93. The third-order valence-corrected chi connectivity index (χ3v) is 4.49. The molecule has 0 bridgehead atoms. The van der Waals surface area contributed by atoms with Crippen LogP contribution < -0.4 is 11.1 Å². The fourth-order valence-corrected chi connectivity index (χ4v) is 2.93. The van der Waals surface area contributed by atoms with Gasteiger partial charge in [-0.1, -0.05) is 30.3 Å². The molecule has 1 aromatic carbocycles. The Kier molecular flexibility index (Phi) is 6.02. The Balaban J connectivity index is 1.95. The summed E-state index contributed by atoms with van der Waals surface area (Å²) < 4.78 is 40.4. The Morgan fingerprint density at radius 1 is 1.10 bits per heavy atom. The van der Waals surface area contributed by atoms with Gasteiger partial charge in [0.1, 0.15) is 17.3 Å². The van der Waals surface area contributed by atoms with E-state index in [1.165, 1.54) is 18.3 Å². The third-order valence-electron chi connectivity index (χ3n) is 4.49. The lowest BCUT2D eigenvalue weighted by Crippen LogP contribution is -2.25. The van der Waals surface area contributed by atoms with Crippen molar-refractivity contribution in [2.75, 3.05) is 11.1 Å². The van der Waals surface area contributed by atoms with E-state index in [1.807, 2.05) is 0 Å². The first-order chi connectivity index (χ1) is 14.2. The second-order valence-electron chi connectivity index (χ2n) is 6.64. The number of aliphatic hydroxyl groups is 1. The molecule has 0 radical (unpaired) electrons. The second-order valence-corrected chi connectivity index (χ2v) is 6.64. The zero-order valence-electron chi connectivity index (χ0n) is 15.9. The number of ketones is 1. The summed E-state index contributed by atoms with van der Waals surface area (Å²) in [5.41, 5.74) is 4.12. The van der Waals surface area contributed by atoms with E-state index in [2.05, 4.69) is 15.3 Å². The number of nitrogen functional groups attached to an aromatic ring is 1. The van der Waals surface area contributed by atoms with Gasteiger partial charge in [0, 0.05) is 6.20 Å². The van der Waals surface area contributed by atoms with E-state index in [9.17, 15) is 23.1 Å². The minimum absolute atomic E-state index is 0.0105. The van der Waals surface area contributed by atoms with E-state index in [-0.39, 0.29) is 17.2 Å². The number of nitrogens with two attached hydrogens (primary N) is 1. The van der Waals surface area contributed by atoms with E-state index in [0.717, 1.165) is 12.1 Å². The molecular weight excluding hydrogens is 397 g/mol. The summed E-state index contributed by atoms with van der Waals surface area (Å²) in [6.07, 6.45) is -4.40. The lowest BCUT2D eigenvalue weighted by molar-refractivity contribution is -0.138. The number of aliphatic hydroxyl groups excluding tert-OH is 1. The highest BCUT2D eigenvalue weighted by Crippen LogP contribution is 2.33. The largest absolute Gasteiger partial charge is 0.418 e. The van der Waals surface area contributed by atoms with Crippen LogP contribution in [0.25, 0.3) is 0 Å². The summed E-state index contributed by atoms with van der Waals surface area (Å²) in [5, 5.41) is 13.3. The molecule has 0 aliphatic carbocycles. The van der Waals surface area contributed by atoms with Crippen molar-refractivity contribution in [1.29, 1.82) is 0 Å². The van der Waals surface area contributed by atoms with Crippen LogP contribution in [-0.2, 0) is 6.18 Å². The fraction of sp³-hybridized carbons (Fsp3) is 0.190. The lowest BCUT2D eigenvalue weighted by atomic mass is 10.0. The molecular formula is C21H19F3N4O2. The summed E-state index contributed by atoms with van der Waals surface area (Å²) in [7, 11) is 0. The number of hydrogen-bond acceptors (Lipinski definition) is 6. The standard InChI is InChI=1S/C21H19F3N4O2/c1-12(18(29)13-6-3-2-4-7-13)27-16-10-9-15(21(22,23)24)17(28-16)19(30)14-8-5-11-26-20(14)25/h2-12,18,29H,1H3,(H2,25,26)(H,27,28). The summed E-state index contributed by atoms with van der Waals surface area (Å²) in [6.45, 7) is 1.65. The molecule has 0 spiro atoms. The zero-order valence-corrected chi connectivity index (χ0v) is 15.9. The molecule has 2 aromatic heterocycles. The third kappa shape index (κ3) is 4.57. The predicted molar refractivity (Wildman–Crippen MR) is 106 cm³/mol. The molecule has 4 N–H and O–H groups in total. The van der Waals surface area contributed by atoms with Crippen molar-refractivity contribution in [3.8, 4) is 0 Å². The Bertz CT molecular complexity index is 1040. The summed E-state index contributed by atoms with van der Waals surface area (Å²) in [6, 6.07) is 12.7. The van der Waals surface area contributed by atoms with Crippen molar-refractivity contribution in [2.24, 2.45) is 0 Å². The number of carbonyl (C=O) groups is 1. The van der Waals surface area contributed by atoms with Gasteiger partial charge in [0.25, 0.3) is 0 Å². The number of halogens is 3. The minimum Gasteiger partial charge on any atom is -0.386 e. The van der Waals surface area contributed by atoms with Crippen LogP contribution in [0.4, 0.5) is 24.8 Å². The van der Waals surface area contributed by atoms with Gasteiger partial charge in [-0.2, -0.15) is 13.2 Å². The van der Waals surface area contributed by atoms with Gasteiger partial charge in [-0.25, -0.2) is 9.97 Å². The maximum absolute atomic E-state index is 13.5. The van der Waals surface area contributed by atoms with E-state index < -0.39 is 35.4 Å². The molecule has 9 heteroatoms. The molecule has 3 rings (SSSR count). The van der Waals surface area contributed by atoms with Gasteiger partial charge in [-0.15, -0.1) is 0 Å². The van der Waals surface area contributed by atoms with Gasteiger partial charge in [0.2, 0.25) is 5.78 Å². The second kappa shape index (κ2) is 8.50. The van der Waals surface area contributed by atoms with Gasteiger partial charge in [0.05, 0.1) is 23.3 Å². The molecule has 0 aliphatic rings. The Labute approximate surface area is 170 Å². The monoisotopic (exact) mass is 416 g/mol. The lowest BCUT2D eigenvalue weighted by Gasteiger charge is -2.22. The van der Waals surface area contributed by atoms with Crippen molar-refractivity contribution in [3.05, 3.63) is 83.2 Å². The Morgan fingerprint density at radius 3 is 2.43 bits per heavy atom. The van der Waals surface area contributed by atoms with Gasteiger partial charge in [0.15, 0.2) is 0 Å². The zero-order chi connectivity index (χ0) is 21.9. The van der Waals surface area contributed by atoms with Crippen LogP contribution in [0, 0.1) is 0 Å². The smallest absolute Gasteiger partial charge is 0.386 e. The van der Waals surface area contributed by atoms with E-state index in [4.69, 9.17) is 5.73 Å². The van der Waals surface area contributed by atoms with Crippen molar-refractivity contribution >= 4 is 17.4 Å². The van der Waals surface area contributed by atoms with Crippen molar-refractivity contribution in [1.82, 2.24) is 9.97 Å². The van der Waals surface area contributed by atoms with Crippen molar-refractivity contribution in [2.45, 2.75) is 25.2 Å². The number of benzene rings is 1. The van der Waals surface area contributed by atoms with Crippen LogP contribution in [-0.4, -0.2) is 26.9 Å². The molecule has 156 valence electrons. The Hall–Kier alpha value is -3.46. The number of nitrogens with zero attached hydrogens (tertiary/aromatic N) is 2. The number of alkyl halides is 3. The molecule has 0 amide bonds. The van der Waals surface area contributed by atoms with E-state index >= 15 is 0 Å². The number of carbonyl (C=O) groups excluding carboxylic acids is 1. The maximum atomic E-state index is 13.5. The minimum atomic E-state index is -4.79. The highest BCUT2D eigenvalue weighted by molar-refractivity contribution is 6.11. The average Bonchev–Trinajstić information content (AvgIpc) is 2.73. The van der Waals surface area contributed by atoms with Gasteiger partial charge in [-0.3, -0.25) is 4.79 Å². The summed E-state index contributed by atoms with van der Waals surface area (Å²) in [5.74, 6) is -1.17. The number of anilines is 2. The predicted octanol–water partition coefficient (Wildman–Crippen LogP) is 3.84. The topological polar surface area (TPSA) is 101 Å². The first-order valence-electron chi connectivity index (χ1n) is 9.01. The molecule has 2 heterocycles. The van der Waals surface area contributed by atoms with Crippen LogP contribution in [0.1, 0.15) is 40.2 Å². The molecule has 6 nitrogen and oxygen atoms in total. The molecule has 0 saturated heterocycles. The SMILES string of the molecule is CC(Nc1ccc(C(F)(F)F)c(C(=O)c2cccnc2N)n1)C(O)c1ccccc1. The number of rotatable bonds is 6. The highest BCUT2D eigenvalue weighted by atomic mass is 19.4. The van der Waals surface area contributed by atoms with Crippen molar-refractivity contribution < 1.29 is 23.1 Å². The van der Waals surface area contributed by atoms with E-state index in [1.54, 1.807) is 37.3 Å². The molecule has 0 fully saturated rings. The van der Waals surface area contributed by atoms with Crippen LogP contribution in [0.15, 0.2) is 60.8 Å². The van der Waals surface area contributed by atoms with Gasteiger partial charge in [-0.05, 0) is 36.8 Å². The van der Waals surface area contributed by atoms with Gasteiger partial charge >= 0.3 is 6.18 Å². The first-order valence-corrected chi connectivity index (χ1v) is 9.01. The van der Waals surface area contributed by atoms with Gasteiger partial charge < -0.3 is 16.2 Å². The van der Waals surface area contributed by atoms with E-state index in [0.29, 0.717) is 5.56 Å². The molecule has 2 atom stereocenters. The molecule has 30 heavy (non-hydrogen) atoms. The molecule has 0 saturated carbocycles. The van der Waals surface area contributed by atoms with Crippen LogP contribution in [0.3, 0.4) is 0 Å². The number of hydrogen-bond donors (Lipinski definition) is 3. The maximum Gasteiger partial charge on any atom is 0.418 e.